The lowest BCUT2D eigenvalue weighted by Crippen LogP contribution is -2.49. The van der Waals surface area contributed by atoms with E-state index in [1.807, 2.05) is 4.90 Å². The number of likely N-dealkylation sites (tertiary alicyclic amines) is 2. The predicted octanol–water partition coefficient (Wildman–Crippen LogP) is 2.48. The van der Waals surface area contributed by atoms with Gasteiger partial charge in [-0.25, -0.2) is 4.39 Å². The predicted molar refractivity (Wildman–Crippen MR) is 100 cm³/mol. The van der Waals surface area contributed by atoms with E-state index in [1.165, 1.54) is 18.6 Å². The monoisotopic (exact) mass is 373 g/mol. The number of nitrogens with zero attached hydrogens (tertiary/aromatic N) is 2. The van der Waals surface area contributed by atoms with E-state index in [2.05, 4.69) is 10.2 Å². The maximum atomic E-state index is 13.5. The normalized spacial score (nSPS) is 24.0. The maximum absolute atomic E-state index is 13.5. The number of hydrogen-bond acceptors (Lipinski definition) is 3. The minimum Gasteiger partial charge on any atom is -0.356 e. The molecule has 1 atom stereocenters. The Labute approximate surface area is 159 Å². The van der Waals surface area contributed by atoms with Crippen molar-refractivity contribution in [1.82, 2.24) is 15.1 Å². The first-order valence-electron chi connectivity index (χ1n) is 10.1. The van der Waals surface area contributed by atoms with Crippen LogP contribution >= 0.6 is 0 Å². The Morgan fingerprint density at radius 1 is 1.04 bits per heavy atom. The zero-order valence-corrected chi connectivity index (χ0v) is 15.8. The van der Waals surface area contributed by atoms with Gasteiger partial charge in [0.25, 0.3) is 0 Å². The van der Waals surface area contributed by atoms with Gasteiger partial charge in [0.1, 0.15) is 11.9 Å². The van der Waals surface area contributed by atoms with Crippen LogP contribution in [0.2, 0.25) is 0 Å². The number of carbonyl (C=O) groups excluding carboxylic acids is 2. The van der Waals surface area contributed by atoms with Crippen LogP contribution in [-0.4, -0.2) is 54.3 Å². The van der Waals surface area contributed by atoms with Crippen molar-refractivity contribution in [2.24, 2.45) is 5.41 Å². The standard InChI is InChI=1S/C21H28FN3O2/c22-17-6-4-16(5-7-17)19(24-10-2-1-3-11-24)20(27)25-12-8-21(9-13-25)14-18(26)23-15-21/h4-7,19H,1-3,8-15H2,(H,23,26). The van der Waals surface area contributed by atoms with E-state index in [-0.39, 0.29) is 29.1 Å². The van der Waals surface area contributed by atoms with E-state index in [0.29, 0.717) is 19.5 Å². The molecule has 0 saturated carbocycles. The Balaban J connectivity index is 1.50. The van der Waals surface area contributed by atoms with Crippen LogP contribution in [0.4, 0.5) is 4.39 Å². The summed E-state index contributed by atoms with van der Waals surface area (Å²) in [6.45, 7) is 3.94. The van der Waals surface area contributed by atoms with Crippen molar-refractivity contribution in [1.29, 1.82) is 0 Å². The number of benzene rings is 1. The number of piperidine rings is 2. The minimum atomic E-state index is -0.330. The van der Waals surface area contributed by atoms with Gasteiger partial charge in [0.05, 0.1) is 0 Å². The van der Waals surface area contributed by atoms with Crippen molar-refractivity contribution in [3.8, 4) is 0 Å². The Bertz CT molecular complexity index is 692. The first-order chi connectivity index (χ1) is 13.1. The first kappa shape index (κ1) is 18.4. The van der Waals surface area contributed by atoms with Crippen LogP contribution in [0.15, 0.2) is 24.3 Å². The van der Waals surface area contributed by atoms with Crippen LogP contribution in [-0.2, 0) is 9.59 Å². The molecule has 0 aliphatic carbocycles. The summed E-state index contributed by atoms with van der Waals surface area (Å²) in [4.78, 5) is 29.3. The highest BCUT2D eigenvalue weighted by Gasteiger charge is 2.43. The summed E-state index contributed by atoms with van der Waals surface area (Å²) < 4.78 is 13.4. The molecule has 0 radical (unpaired) electrons. The van der Waals surface area contributed by atoms with Crippen molar-refractivity contribution in [3.63, 3.8) is 0 Å². The van der Waals surface area contributed by atoms with Crippen LogP contribution in [0.3, 0.4) is 0 Å². The van der Waals surface area contributed by atoms with Gasteiger partial charge in [0.15, 0.2) is 0 Å². The fourth-order valence-electron chi connectivity index (χ4n) is 4.81. The van der Waals surface area contributed by atoms with E-state index in [0.717, 1.165) is 50.9 Å². The zero-order chi connectivity index (χ0) is 18.9. The molecule has 1 unspecified atom stereocenters. The lowest BCUT2D eigenvalue weighted by atomic mass is 9.77. The topological polar surface area (TPSA) is 52.7 Å². The molecule has 3 fully saturated rings. The molecule has 3 saturated heterocycles. The Morgan fingerprint density at radius 2 is 1.70 bits per heavy atom. The van der Waals surface area contributed by atoms with Gasteiger partial charge in [-0.05, 0) is 61.9 Å². The van der Waals surface area contributed by atoms with Gasteiger partial charge in [-0.3, -0.25) is 14.5 Å². The van der Waals surface area contributed by atoms with Gasteiger partial charge in [-0.15, -0.1) is 0 Å². The number of hydrogen-bond donors (Lipinski definition) is 1. The fraction of sp³-hybridized carbons (Fsp3) is 0.619. The molecule has 0 bridgehead atoms. The highest BCUT2D eigenvalue weighted by molar-refractivity contribution is 5.84. The Morgan fingerprint density at radius 3 is 2.30 bits per heavy atom. The third kappa shape index (κ3) is 3.86. The summed E-state index contributed by atoms with van der Waals surface area (Å²) in [5.74, 6) is -0.0233. The van der Waals surface area contributed by atoms with Crippen LogP contribution < -0.4 is 5.32 Å². The molecule has 1 N–H and O–H groups in total. The summed E-state index contributed by atoms with van der Waals surface area (Å²) in [7, 11) is 0. The van der Waals surface area contributed by atoms with Gasteiger partial charge in [0.2, 0.25) is 11.8 Å². The zero-order valence-electron chi connectivity index (χ0n) is 15.8. The molecular formula is C21H28FN3O2. The summed E-state index contributed by atoms with van der Waals surface area (Å²) >= 11 is 0. The molecule has 3 aliphatic heterocycles. The number of halogens is 1. The van der Waals surface area contributed by atoms with Crippen molar-refractivity contribution in [2.45, 2.75) is 44.6 Å². The van der Waals surface area contributed by atoms with Crippen LogP contribution in [0.1, 0.15) is 50.1 Å². The average molecular weight is 373 g/mol. The summed E-state index contributed by atoms with van der Waals surface area (Å²) in [6.07, 6.45) is 5.72. The van der Waals surface area contributed by atoms with Gasteiger partial charge in [-0.1, -0.05) is 18.6 Å². The van der Waals surface area contributed by atoms with Gasteiger partial charge in [-0.2, -0.15) is 0 Å². The number of nitrogens with one attached hydrogen (secondary N) is 1. The molecule has 3 heterocycles. The van der Waals surface area contributed by atoms with Gasteiger partial charge in [0, 0.05) is 26.1 Å². The van der Waals surface area contributed by atoms with E-state index < -0.39 is 0 Å². The SMILES string of the molecule is O=C1CC2(CCN(C(=O)C(c3ccc(F)cc3)N3CCCCC3)CC2)CN1. The van der Waals surface area contributed by atoms with E-state index in [1.54, 1.807) is 12.1 Å². The molecule has 1 spiro atoms. The lowest BCUT2D eigenvalue weighted by molar-refractivity contribution is -0.140. The highest BCUT2D eigenvalue weighted by atomic mass is 19.1. The molecule has 1 aromatic rings. The molecule has 6 heteroatoms. The Kier molecular flexibility index (Phi) is 5.17. The molecule has 146 valence electrons. The highest BCUT2D eigenvalue weighted by Crippen LogP contribution is 2.38. The summed E-state index contributed by atoms with van der Waals surface area (Å²) in [5, 5.41) is 2.94. The summed E-state index contributed by atoms with van der Waals surface area (Å²) in [6, 6.07) is 6.05. The van der Waals surface area contributed by atoms with Crippen LogP contribution in [0.5, 0.6) is 0 Å². The number of rotatable bonds is 3. The van der Waals surface area contributed by atoms with Crippen molar-refractivity contribution in [2.75, 3.05) is 32.7 Å². The minimum absolute atomic E-state index is 0.0321. The summed E-state index contributed by atoms with van der Waals surface area (Å²) in [5.41, 5.74) is 0.908. The van der Waals surface area contributed by atoms with Gasteiger partial charge < -0.3 is 10.2 Å². The molecule has 27 heavy (non-hydrogen) atoms. The van der Waals surface area contributed by atoms with E-state index >= 15 is 0 Å². The second kappa shape index (κ2) is 7.58. The third-order valence-electron chi connectivity index (χ3n) is 6.51. The Hall–Kier alpha value is -1.95. The number of amides is 2. The first-order valence-corrected chi connectivity index (χ1v) is 10.1. The second-order valence-corrected chi connectivity index (χ2v) is 8.33. The maximum Gasteiger partial charge on any atom is 0.244 e. The van der Waals surface area contributed by atoms with Crippen molar-refractivity contribution < 1.29 is 14.0 Å². The van der Waals surface area contributed by atoms with Gasteiger partial charge >= 0.3 is 0 Å². The molecule has 2 amide bonds. The van der Waals surface area contributed by atoms with E-state index in [9.17, 15) is 14.0 Å². The van der Waals surface area contributed by atoms with Crippen molar-refractivity contribution in [3.05, 3.63) is 35.6 Å². The quantitative estimate of drug-likeness (QED) is 0.886. The molecule has 3 aliphatic rings. The largest absolute Gasteiger partial charge is 0.356 e. The second-order valence-electron chi connectivity index (χ2n) is 8.33. The van der Waals surface area contributed by atoms with Crippen LogP contribution in [0, 0.1) is 11.2 Å². The molecule has 0 aromatic heterocycles. The fourth-order valence-corrected chi connectivity index (χ4v) is 4.81. The molecule has 4 rings (SSSR count). The average Bonchev–Trinajstić information content (AvgIpc) is 3.05. The molecule has 5 nitrogen and oxygen atoms in total. The molecule has 1 aromatic carbocycles. The van der Waals surface area contributed by atoms with E-state index in [4.69, 9.17) is 0 Å². The smallest absolute Gasteiger partial charge is 0.244 e. The third-order valence-corrected chi connectivity index (χ3v) is 6.51. The lowest BCUT2D eigenvalue weighted by Gasteiger charge is -2.42. The van der Waals surface area contributed by atoms with Crippen LogP contribution in [0.25, 0.3) is 0 Å². The molecular weight excluding hydrogens is 345 g/mol. The number of carbonyl (C=O) groups is 2. The van der Waals surface area contributed by atoms with Crippen molar-refractivity contribution >= 4 is 11.8 Å².